The highest BCUT2D eigenvalue weighted by Gasteiger charge is 2.28. The van der Waals surface area contributed by atoms with Gasteiger partial charge in [0, 0.05) is 11.3 Å². The van der Waals surface area contributed by atoms with Crippen LogP contribution in [-0.2, 0) is 11.2 Å². The van der Waals surface area contributed by atoms with E-state index in [9.17, 15) is 4.79 Å². The molecule has 1 heterocycles. The van der Waals surface area contributed by atoms with Crippen molar-refractivity contribution in [2.75, 3.05) is 0 Å². The lowest BCUT2D eigenvalue weighted by atomic mass is 9.99. The lowest BCUT2D eigenvalue weighted by molar-refractivity contribution is -0.142. The van der Waals surface area contributed by atoms with E-state index in [2.05, 4.69) is 0 Å². The summed E-state index contributed by atoms with van der Waals surface area (Å²) in [5.74, 6) is -0.962. The van der Waals surface area contributed by atoms with Crippen molar-refractivity contribution in [3.05, 3.63) is 22.4 Å². The van der Waals surface area contributed by atoms with Gasteiger partial charge in [0.1, 0.15) is 5.54 Å². The minimum absolute atomic E-state index is 0.389. The Morgan fingerprint density at radius 1 is 1.83 bits per heavy atom. The highest BCUT2D eigenvalue weighted by atomic mass is 32.1. The second kappa shape index (κ2) is 3.25. The first kappa shape index (κ1) is 9.22. The number of hydrogen-bond acceptors (Lipinski definition) is 3. The van der Waals surface area contributed by atoms with Crippen molar-refractivity contribution in [1.82, 2.24) is 0 Å². The normalized spacial score (nSPS) is 15.5. The first-order valence-corrected chi connectivity index (χ1v) is 4.45. The molecular weight excluding hydrogens is 174 g/mol. The van der Waals surface area contributed by atoms with Gasteiger partial charge in [0.05, 0.1) is 0 Å². The third-order valence-corrected chi connectivity index (χ3v) is 2.49. The van der Waals surface area contributed by atoms with Crippen LogP contribution in [0.3, 0.4) is 0 Å². The Morgan fingerprint density at radius 3 is 2.92 bits per heavy atom. The summed E-state index contributed by atoms with van der Waals surface area (Å²) in [5.41, 5.74) is 4.41. The lowest BCUT2D eigenvalue weighted by Gasteiger charge is -2.17. The molecule has 3 N–H and O–H groups in total. The zero-order valence-corrected chi connectivity index (χ0v) is 7.60. The van der Waals surface area contributed by atoms with Crippen molar-refractivity contribution in [2.24, 2.45) is 5.73 Å². The van der Waals surface area contributed by atoms with E-state index in [4.69, 9.17) is 10.8 Å². The molecule has 1 rings (SSSR count). The van der Waals surface area contributed by atoms with Crippen molar-refractivity contribution in [1.29, 1.82) is 0 Å². The quantitative estimate of drug-likeness (QED) is 0.741. The fourth-order valence-electron chi connectivity index (χ4n) is 0.851. The van der Waals surface area contributed by atoms with Gasteiger partial charge in [0.2, 0.25) is 0 Å². The Bertz CT molecular complexity index is 267. The maximum Gasteiger partial charge on any atom is 0.323 e. The molecule has 4 heteroatoms. The minimum Gasteiger partial charge on any atom is -0.480 e. The molecule has 0 aliphatic rings. The number of carboxylic acid groups (broad SMARTS) is 1. The summed E-state index contributed by atoms with van der Waals surface area (Å²) in [4.78, 5) is 11.6. The molecule has 0 aromatic carbocycles. The van der Waals surface area contributed by atoms with Crippen molar-refractivity contribution in [3.63, 3.8) is 0 Å². The molecule has 0 saturated heterocycles. The molecule has 0 aliphatic heterocycles. The summed E-state index contributed by atoms with van der Waals surface area (Å²) < 4.78 is 0. The fraction of sp³-hybridized carbons (Fsp3) is 0.375. The van der Waals surface area contributed by atoms with Gasteiger partial charge in [-0.05, 0) is 18.4 Å². The maximum absolute atomic E-state index is 10.6. The summed E-state index contributed by atoms with van der Waals surface area (Å²) in [6, 6.07) is 3.77. The molecule has 0 spiro atoms. The maximum atomic E-state index is 10.6. The van der Waals surface area contributed by atoms with Crippen molar-refractivity contribution in [3.8, 4) is 0 Å². The Balaban J connectivity index is 2.69. The first-order chi connectivity index (χ1) is 5.52. The Kier molecular flexibility index (Phi) is 2.49. The topological polar surface area (TPSA) is 63.3 Å². The van der Waals surface area contributed by atoms with Crippen LogP contribution in [0.15, 0.2) is 17.5 Å². The standard InChI is InChI=1S/C8H11NO2S/c1-8(9,7(10)11)5-6-3-2-4-12-6/h2-4H,5,9H2,1H3,(H,10,11). The predicted molar refractivity (Wildman–Crippen MR) is 48.3 cm³/mol. The molecule has 0 radical (unpaired) electrons. The molecule has 0 fully saturated rings. The van der Waals surface area contributed by atoms with E-state index in [1.165, 1.54) is 18.3 Å². The van der Waals surface area contributed by atoms with E-state index >= 15 is 0 Å². The summed E-state index contributed by atoms with van der Waals surface area (Å²) >= 11 is 1.52. The number of aliphatic carboxylic acids is 1. The van der Waals surface area contributed by atoms with Crippen LogP contribution in [-0.4, -0.2) is 16.6 Å². The van der Waals surface area contributed by atoms with E-state index < -0.39 is 11.5 Å². The molecular formula is C8H11NO2S. The summed E-state index contributed by atoms with van der Waals surface area (Å²) in [7, 11) is 0. The third kappa shape index (κ3) is 2.06. The Labute approximate surface area is 74.8 Å². The zero-order chi connectivity index (χ0) is 9.19. The average molecular weight is 185 g/mol. The number of thiophene rings is 1. The van der Waals surface area contributed by atoms with Crippen LogP contribution in [0.2, 0.25) is 0 Å². The number of rotatable bonds is 3. The van der Waals surface area contributed by atoms with Crippen LogP contribution < -0.4 is 5.73 Å². The highest BCUT2D eigenvalue weighted by Crippen LogP contribution is 2.15. The summed E-state index contributed by atoms with van der Waals surface area (Å²) in [6.07, 6.45) is 0.389. The number of nitrogens with two attached hydrogens (primary N) is 1. The molecule has 0 aliphatic carbocycles. The van der Waals surface area contributed by atoms with Gasteiger partial charge in [-0.2, -0.15) is 0 Å². The Morgan fingerprint density at radius 2 is 2.50 bits per heavy atom. The van der Waals surface area contributed by atoms with Gasteiger partial charge in [-0.25, -0.2) is 0 Å². The lowest BCUT2D eigenvalue weighted by Crippen LogP contribution is -2.46. The van der Waals surface area contributed by atoms with E-state index in [-0.39, 0.29) is 0 Å². The molecule has 1 atom stereocenters. The molecule has 3 nitrogen and oxygen atoms in total. The van der Waals surface area contributed by atoms with Crippen molar-refractivity contribution < 1.29 is 9.90 Å². The molecule has 0 bridgehead atoms. The van der Waals surface area contributed by atoms with E-state index in [0.29, 0.717) is 6.42 Å². The van der Waals surface area contributed by atoms with Crippen molar-refractivity contribution >= 4 is 17.3 Å². The van der Waals surface area contributed by atoms with Crippen LogP contribution >= 0.6 is 11.3 Å². The van der Waals surface area contributed by atoms with Crippen LogP contribution in [0, 0.1) is 0 Å². The zero-order valence-electron chi connectivity index (χ0n) is 6.78. The molecule has 12 heavy (non-hydrogen) atoms. The van der Waals surface area contributed by atoms with Crippen LogP contribution in [0.4, 0.5) is 0 Å². The Hall–Kier alpha value is -0.870. The van der Waals surface area contributed by atoms with Crippen molar-refractivity contribution in [2.45, 2.75) is 18.9 Å². The second-order valence-electron chi connectivity index (χ2n) is 2.98. The number of hydrogen-bond donors (Lipinski definition) is 2. The minimum atomic E-state index is -1.15. The largest absolute Gasteiger partial charge is 0.480 e. The average Bonchev–Trinajstić information content (AvgIpc) is 2.38. The summed E-state index contributed by atoms with van der Waals surface area (Å²) in [5, 5.41) is 10.6. The smallest absolute Gasteiger partial charge is 0.323 e. The molecule has 0 saturated carbocycles. The van der Waals surface area contributed by atoms with Gasteiger partial charge in [-0.3, -0.25) is 4.79 Å². The van der Waals surface area contributed by atoms with E-state index in [1.54, 1.807) is 0 Å². The number of carboxylic acids is 1. The van der Waals surface area contributed by atoms with Gasteiger partial charge in [-0.1, -0.05) is 6.07 Å². The molecule has 1 unspecified atom stereocenters. The van der Waals surface area contributed by atoms with Gasteiger partial charge in [-0.15, -0.1) is 11.3 Å². The fourth-order valence-corrected chi connectivity index (χ4v) is 1.72. The highest BCUT2D eigenvalue weighted by molar-refractivity contribution is 7.09. The predicted octanol–water partition coefficient (Wildman–Crippen LogP) is 1.09. The molecule has 66 valence electrons. The monoisotopic (exact) mass is 185 g/mol. The van der Waals surface area contributed by atoms with Gasteiger partial charge in [0.15, 0.2) is 0 Å². The molecule has 0 amide bonds. The van der Waals surface area contributed by atoms with Crippen LogP contribution in [0.5, 0.6) is 0 Å². The van der Waals surface area contributed by atoms with Crippen LogP contribution in [0.1, 0.15) is 11.8 Å². The van der Waals surface area contributed by atoms with Gasteiger partial charge < -0.3 is 10.8 Å². The SMILES string of the molecule is CC(N)(Cc1cccs1)C(=O)O. The molecule has 1 aromatic rings. The summed E-state index contributed by atoms with van der Waals surface area (Å²) in [6.45, 7) is 1.52. The third-order valence-electron chi connectivity index (χ3n) is 1.61. The molecule has 1 aromatic heterocycles. The number of carbonyl (C=O) groups is 1. The van der Waals surface area contributed by atoms with Crippen LogP contribution in [0.25, 0.3) is 0 Å². The van der Waals surface area contributed by atoms with E-state index in [1.807, 2.05) is 17.5 Å². The van der Waals surface area contributed by atoms with Gasteiger partial charge >= 0.3 is 5.97 Å². The second-order valence-corrected chi connectivity index (χ2v) is 4.01. The first-order valence-electron chi connectivity index (χ1n) is 3.57. The van der Waals surface area contributed by atoms with Gasteiger partial charge in [0.25, 0.3) is 0 Å². The van der Waals surface area contributed by atoms with E-state index in [0.717, 1.165) is 4.88 Å².